The molecule has 11 heteroatoms. The highest BCUT2D eigenvalue weighted by atomic mass is 32.2. The summed E-state index contributed by atoms with van der Waals surface area (Å²) in [5.74, 6) is 1.08. The summed E-state index contributed by atoms with van der Waals surface area (Å²) in [7, 11) is 0.289. The second-order valence-electron chi connectivity index (χ2n) is 9.41. The normalized spacial score (nSPS) is 18.2. The summed E-state index contributed by atoms with van der Waals surface area (Å²) < 4.78 is 39.8. The number of ether oxygens (including phenoxy) is 2. The molecule has 1 saturated heterocycles. The number of hydrogen-bond donors (Lipinski definition) is 0. The molecule has 1 aromatic heterocycles. The summed E-state index contributed by atoms with van der Waals surface area (Å²) in [6.07, 6.45) is 2.77. The Morgan fingerprint density at radius 1 is 1.11 bits per heavy atom. The zero-order valence-corrected chi connectivity index (χ0v) is 22.3. The van der Waals surface area contributed by atoms with E-state index in [0.717, 1.165) is 29.5 Å². The first kappa shape index (κ1) is 24.9. The summed E-state index contributed by atoms with van der Waals surface area (Å²) in [4.78, 5) is 22.2. The van der Waals surface area contributed by atoms with Crippen molar-refractivity contribution in [2.75, 3.05) is 45.4 Å². The van der Waals surface area contributed by atoms with Gasteiger partial charge < -0.3 is 14.4 Å². The highest BCUT2D eigenvalue weighted by Crippen LogP contribution is 2.40. The molecule has 0 spiro atoms. The van der Waals surface area contributed by atoms with Crippen LogP contribution in [-0.4, -0.2) is 75.1 Å². The second kappa shape index (κ2) is 9.97. The number of aromatic nitrogens is 1. The number of nitrogens with zero attached hydrogens (tertiary/aromatic N) is 4. The van der Waals surface area contributed by atoms with E-state index in [1.54, 1.807) is 21.3 Å². The molecule has 1 amide bonds. The molecule has 0 radical (unpaired) electrons. The van der Waals surface area contributed by atoms with Crippen molar-refractivity contribution in [1.29, 1.82) is 0 Å². The number of hydrogen-bond acceptors (Lipinski definition) is 8. The highest BCUT2D eigenvalue weighted by molar-refractivity contribution is 7.89. The van der Waals surface area contributed by atoms with Gasteiger partial charge in [-0.3, -0.25) is 9.69 Å². The highest BCUT2D eigenvalue weighted by Gasteiger charge is 2.31. The molecule has 3 heterocycles. The minimum atomic E-state index is -3.60. The Bertz CT molecular complexity index is 1330. The van der Waals surface area contributed by atoms with Gasteiger partial charge in [0.2, 0.25) is 16.8 Å². The lowest BCUT2D eigenvalue weighted by Gasteiger charge is -2.32. The van der Waals surface area contributed by atoms with Crippen molar-refractivity contribution in [3.63, 3.8) is 0 Å². The van der Waals surface area contributed by atoms with Crippen LogP contribution in [0.2, 0.25) is 0 Å². The van der Waals surface area contributed by atoms with Gasteiger partial charge in [0, 0.05) is 43.4 Å². The molecule has 3 aromatic rings. The average molecular weight is 531 g/mol. The van der Waals surface area contributed by atoms with Crippen molar-refractivity contribution in [3.8, 4) is 11.5 Å². The van der Waals surface area contributed by atoms with E-state index >= 15 is 0 Å². The van der Waals surface area contributed by atoms with E-state index in [-0.39, 0.29) is 23.6 Å². The van der Waals surface area contributed by atoms with E-state index in [1.165, 1.54) is 23.5 Å². The maximum absolute atomic E-state index is 13.6. The monoisotopic (exact) mass is 530 g/mol. The fourth-order valence-corrected chi connectivity index (χ4v) is 7.19. The number of thiazole rings is 1. The number of amides is 1. The van der Waals surface area contributed by atoms with Crippen LogP contribution in [0, 0.1) is 0 Å². The molecule has 0 N–H and O–H groups in total. The predicted molar refractivity (Wildman–Crippen MR) is 140 cm³/mol. The molecular weight excluding hydrogens is 500 g/mol. The molecule has 5 rings (SSSR count). The number of anilines is 1. The van der Waals surface area contributed by atoms with Crippen molar-refractivity contribution in [1.82, 2.24) is 14.2 Å². The Hall–Kier alpha value is -2.73. The maximum Gasteiger partial charge on any atom is 0.260 e. The van der Waals surface area contributed by atoms with Gasteiger partial charge in [-0.25, -0.2) is 13.4 Å². The summed E-state index contributed by atoms with van der Waals surface area (Å²) in [6.45, 7) is 3.74. The Labute approximate surface area is 215 Å². The molecular formula is C25H30N4O5S2. The van der Waals surface area contributed by atoms with Crippen LogP contribution in [0.5, 0.6) is 11.5 Å². The number of fused-ring (bicyclic) bond motifs is 2. The number of benzene rings is 2. The third-order valence-corrected chi connectivity index (χ3v) is 9.64. The first-order chi connectivity index (χ1) is 17.2. The van der Waals surface area contributed by atoms with Crippen molar-refractivity contribution in [2.24, 2.45) is 0 Å². The predicted octanol–water partition coefficient (Wildman–Crippen LogP) is 3.80. The van der Waals surface area contributed by atoms with E-state index in [2.05, 4.69) is 0 Å². The Morgan fingerprint density at radius 3 is 2.53 bits per heavy atom. The third-order valence-electron chi connectivity index (χ3n) is 6.57. The van der Waals surface area contributed by atoms with Gasteiger partial charge in [-0.15, -0.1) is 0 Å². The first-order valence-electron chi connectivity index (χ1n) is 12.0. The average Bonchev–Trinajstić information content (AvgIpc) is 3.48. The molecule has 2 aromatic carbocycles. The number of sulfonamides is 1. The Balaban J connectivity index is 1.43. The van der Waals surface area contributed by atoms with Crippen molar-refractivity contribution in [2.45, 2.75) is 37.1 Å². The van der Waals surface area contributed by atoms with Crippen LogP contribution in [0.25, 0.3) is 10.2 Å². The van der Waals surface area contributed by atoms with Crippen LogP contribution in [-0.2, 0) is 10.0 Å². The van der Waals surface area contributed by atoms with Gasteiger partial charge in [0.15, 0.2) is 16.6 Å². The van der Waals surface area contributed by atoms with Gasteiger partial charge in [-0.05, 0) is 58.1 Å². The number of carbonyl (C=O) groups excluding carboxylic acids is 1. The molecule has 9 nitrogen and oxygen atoms in total. The molecule has 2 aliphatic heterocycles. The lowest BCUT2D eigenvalue weighted by Crippen LogP contribution is -2.41. The van der Waals surface area contributed by atoms with Gasteiger partial charge >= 0.3 is 0 Å². The summed E-state index contributed by atoms with van der Waals surface area (Å²) >= 11 is 1.41. The minimum Gasteiger partial charge on any atom is -0.454 e. The van der Waals surface area contributed by atoms with Crippen LogP contribution < -0.4 is 14.4 Å². The standard InChI is InChI=1S/C25H30N4O5S2/c1-17-6-4-5-11-29(17)36(31,32)19-9-7-18(8-10-19)24(30)28(13-12-27(2)3)25-26-20-14-21-22(34-16-33-21)15-23(20)35-25/h7-10,14-15,17H,4-6,11-13,16H2,1-3H3. The molecule has 1 fully saturated rings. The topological polar surface area (TPSA) is 92.3 Å². The largest absolute Gasteiger partial charge is 0.454 e. The zero-order chi connectivity index (χ0) is 25.4. The van der Waals surface area contributed by atoms with Gasteiger partial charge in [0.25, 0.3) is 5.91 Å². The molecule has 1 unspecified atom stereocenters. The van der Waals surface area contributed by atoms with E-state index in [9.17, 15) is 13.2 Å². The number of likely N-dealkylation sites (N-methyl/N-ethyl adjacent to an activating group) is 1. The van der Waals surface area contributed by atoms with Crippen molar-refractivity contribution < 1.29 is 22.7 Å². The SMILES string of the molecule is CC1CCCCN1S(=O)(=O)c1ccc(C(=O)N(CCN(C)C)c2nc3cc4c(cc3s2)OCO4)cc1. The molecule has 0 saturated carbocycles. The van der Waals surface area contributed by atoms with Crippen molar-refractivity contribution in [3.05, 3.63) is 42.0 Å². The fraction of sp³-hybridized carbons (Fsp3) is 0.440. The van der Waals surface area contributed by atoms with E-state index in [0.29, 0.717) is 41.8 Å². The molecule has 192 valence electrons. The molecule has 0 aliphatic carbocycles. The molecule has 1 atom stereocenters. The maximum atomic E-state index is 13.6. The van der Waals surface area contributed by atoms with Crippen molar-refractivity contribution >= 4 is 42.6 Å². The quantitative estimate of drug-likeness (QED) is 0.459. The van der Waals surface area contributed by atoms with E-state index < -0.39 is 10.0 Å². The second-order valence-corrected chi connectivity index (χ2v) is 12.3. The van der Waals surface area contributed by atoms with Gasteiger partial charge in [0.05, 0.1) is 15.1 Å². The van der Waals surface area contributed by atoms with Gasteiger partial charge in [0.1, 0.15) is 0 Å². The lowest BCUT2D eigenvalue weighted by molar-refractivity contribution is 0.0985. The first-order valence-corrected chi connectivity index (χ1v) is 14.3. The Kier molecular flexibility index (Phi) is 6.90. The van der Waals surface area contributed by atoms with Gasteiger partial charge in [-0.1, -0.05) is 17.8 Å². The Morgan fingerprint density at radius 2 is 1.83 bits per heavy atom. The third kappa shape index (κ3) is 4.80. The molecule has 36 heavy (non-hydrogen) atoms. The summed E-state index contributed by atoms with van der Waals surface area (Å²) in [6, 6.07) is 9.94. The lowest BCUT2D eigenvalue weighted by atomic mass is 10.1. The van der Waals surface area contributed by atoms with Crippen LogP contribution in [0.1, 0.15) is 36.5 Å². The molecule has 0 bridgehead atoms. The number of piperidine rings is 1. The van der Waals surface area contributed by atoms with E-state index in [1.807, 2.05) is 38.1 Å². The zero-order valence-electron chi connectivity index (χ0n) is 20.6. The van der Waals surface area contributed by atoms with Crippen LogP contribution in [0.4, 0.5) is 5.13 Å². The minimum absolute atomic E-state index is 0.0252. The van der Waals surface area contributed by atoms with Gasteiger partial charge in [-0.2, -0.15) is 4.31 Å². The fourth-order valence-electron chi connectivity index (χ4n) is 4.49. The van der Waals surface area contributed by atoms with Crippen LogP contribution in [0.15, 0.2) is 41.3 Å². The summed E-state index contributed by atoms with van der Waals surface area (Å²) in [5.41, 5.74) is 1.15. The summed E-state index contributed by atoms with van der Waals surface area (Å²) in [5, 5.41) is 0.569. The van der Waals surface area contributed by atoms with Crippen LogP contribution >= 0.6 is 11.3 Å². The van der Waals surface area contributed by atoms with Crippen LogP contribution in [0.3, 0.4) is 0 Å². The van der Waals surface area contributed by atoms with E-state index in [4.69, 9.17) is 14.5 Å². The number of carbonyl (C=O) groups is 1. The smallest absolute Gasteiger partial charge is 0.260 e. The number of rotatable bonds is 7. The molecule has 2 aliphatic rings.